The Kier molecular flexibility index (Phi) is 3.08. The number of carbonyl (C=O) groups excluding carboxylic acids is 2. The van der Waals surface area contributed by atoms with Gasteiger partial charge in [-0.25, -0.2) is 0 Å². The molecule has 1 aromatic carbocycles. The van der Waals surface area contributed by atoms with Crippen LogP contribution in [0.1, 0.15) is 20.7 Å². The van der Waals surface area contributed by atoms with Crippen LogP contribution in [-0.2, 0) is 0 Å². The van der Waals surface area contributed by atoms with E-state index >= 15 is 0 Å². The van der Waals surface area contributed by atoms with Gasteiger partial charge in [0.25, 0.3) is 0 Å². The number of aldehydes is 1. The van der Waals surface area contributed by atoms with Crippen molar-refractivity contribution in [2.24, 2.45) is 0 Å². The average Bonchev–Trinajstić information content (AvgIpc) is 2.17. The lowest BCUT2D eigenvalue weighted by Crippen LogP contribution is -2.00. The summed E-state index contributed by atoms with van der Waals surface area (Å²) < 4.78 is 0. The first-order valence-electron chi connectivity index (χ1n) is 3.61. The minimum Gasteiger partial charge on any atom is -0.507 e. The summed E-state index contributed by atoms with van der Waals surface area (Å²) in [5.74, 6) is -0.208. The lowest BCUT2D eigenvalue weighted by molar-refractivity contribution is 0.102. The van der Waals surface area contributed by atoms with Gasteiger partial charge in [0.05, 0.1) is 11.3 Å². The van der Waals surface area contributed by atoms with E-state index in [1.54, 1.807) is 0 Å². The summed E-state index contributed by atoms with van der Waals surface area (Å²) in [6, 6.07) is 4.13. The summed E-state index contributed by atoms with van der Waals surface area (Å²) in [6.07, 6.45) is 0.505. The second-order valence-corrected chi connectivity index (χ2v) is 2.79. The maximum atomic E-state index is 11.1. The van der Waals surface area contributed by atoms with Gasteiger partial charge >= 0.3 is 0 Å². The second kappa shape index (κ2) is 4.09. The zero-order valence-corrected chi connectivity index (χ0v) is 7.62. The van der Waals surface area contributed by atoms with Gasteiger partial charge in [0.15, 0.2) is 12.1 Å². The van der Waals surface area contributed by atoms with E-state index < -0.39 is 0 Å². The molecule has 0 unspecified atom stereocenters. The molecule has 0 aliphatic heterocycles. The Balaban J connectivity index is 3.13. The Morgan fingerprint density at radius 1 is 1.54 bits per heavy atom. The molecule has 13 heavy (non-hydrogen) atoms. The third-order valence-electron chi connectivity index (χ3n) is 1.62. The van der Waals surface area contributed by atoms with Gasteiger partial charge in [0.1, 0.15) is 5.75 Å². The lowest BCUT2D eigenvalue weighted by Gasteiger charge is -2.00. The minimum atomic E-state index is -0.175. The number of rotatable bonds is 3. The molecule has 4 heteroatoms. The summed E-state index contributed by atoms with van der Waals surface area (Å²) in [4.78, 5) is 21.5. The highest BCUT2D eigenvalue weighted by Gasteiger charge is 2.06. The zero-order valence-electron chi connectivity index (χ0n) is 6.73. The topological polar surface area (TPSA) is 54.4 Å². The van der Waals surface area contributed by atoms with E-state index in [0.29, 0.717) is 11.8 Å². The standard InChI is InChI=1S/C9H8O3S/c10-4-7-3-6(9(12)5-13)1-2-8(7)11/h1-4,11,13H,5H2. The predicted molar refractivity (Wildman–Crippen MR) is 51.7 cm³/mol. The fraction of sp³-hybridized carbons (Fsp3) is 0.111. The van der Waals surface area contributed by atoms with Crippen LogP contribution in [0, 0.1) is 0 Å². The van der Waals surface area contributed by atoms with E-state index in [-0.39, 0.29) is 22.8 Å². The average molecular weight is 196 g/mol. The van der Waals surface area contributed by atoms with Gasteiger partial charge in [-0.3, -0.25) is 9.59 Å². The summed E-state index contributed by atoms with van der Waals surface area (Å²) in [6.45, 7) is 0. The normalized spacial score (nSPS) is 9.62. The second-order valence-electron chi connectivity index (χ2n) is 2.47. The molecule has 3 nitrogen and oxygen atoms in total. The minimum absolute atomic E-state index is 0.0864. The molecule has 0 bridgehead atoms. The molecular formula is C9H8O3S. The molecule has 0 aromatic heterocycles. The van der Waals surface area contributed by atoms with Crippen molar-refractivity contribution in [2.45, 2.75) is 0 Å². The molecule has 0 heterocycles. The zero-order chi connectivity index (χ0) is 9.84. The van der Waals surface area contributed by atoms with Crippen LogP contribution in [0.5, 0.6) is 5.75 Å². The molecule has 0 aliphatic rings. The van der Waals surface area contributed by atoms with E-state index in [4.69, 9.17) is 5.11 Å². The van der Waals surface area contributed by atoms with E-state index in [1.807, 2.05) is 0 Å². The molecule has 1 N–H and O–H groups in total. The molecule has 0 amide bonds. The highest BCUT2D eigenvalue weighted by molar-refractivity contribution is 7.81. The summed E-state index contributed by atoms with van der Waals surface area (Å²) >= 11 is 3.82. The third-order valence-corrected chi connectivity index (χ3v) is 1.91. The summed E-state index contributed by atoms with van der Waals surface area (Å²) in [7, 11) is 0. The Bertz CT molecular complexity index is 347. The van der Waals surface area contributed by atoms with Crippen molar-refractivity contribution in [3.05, 3.63) is 29.3 Å². The highest BCUT2D eigenvalue weighted by atomic mass is 32.1. The van der Waals surface area contributed by atoms with Crippen molar-refractivity contribution in [1.29, 1.82) is 0 Å². The van der Waals surface area contributed by atoms with Crippen molar-refractivity contribution in [1.82, 2.24) is 0 Å². The number of aromatic hydroxyl groups is 1. The molecule has 68 valence electrons. The first-order chi connectivity index (χ1) is 6.19. The Morgan fingerprint density at radius 3 is 2.77 bits per heavy atom. The summed E-state index contributed by atoms with van der Waals surface area (Å²) in [5.41, 5.74) is 0.502. The fourth-order valence-electron chi connectivity index (χ4n) is 0.914. The number of ketones is 1. The van der Waals surface area contributed by atoms with Crippen LogP contribution in [0.25, 0.3) is 0 Å². The van der Waals surface area contributed by atoms with Crippen LogP contribution in [-0.4, -0.2) is 22.9 Å². The Morgan fingerprint density at radius 2 is 2.23 bits per heavy atom. The number of phenolic OH excluding ortho intramolecular Hbond substituents is 1. The number of phenols is 1. The number of thiol groups is 1. The molecule has 0 radical (unpaired) electrons. The quantitative estimate of drug-likeness (QED) is 0.435. The van der Waals surface area contributed by atoms with Crippen molar-refractivity contribution in [2.75, 3.05) is 5.75 Å². The van der Waals surface area contributed by atoms with Gasteiger partial charge in [0, 0.05) is 5.56 Å². The first kappa shape index (κ1) is 9.80. The van der Waals surface area contributed by atoms with E-state index in [1.165, 1.54) is 18.2 Å². The Labute approximate surface area is 80.8 Å². The van der Waals surface area contributed by atoms with E-state index in [2.05, 4.69) is 12.6 Å². The maximum Gasteiger partial charge on any atom is 0.172 e. The molecule has 0 fully saturated rings. The van der Waals surface area contributed by atoms with Gasteiger partial charge in [-0.05, 0) is 18.2 Å². The van der Waals surface area contributed by atoms with Crippen LogP contribution < -0.4 is 0 Å². The first-order valence-corrected chi connectivity index (χ1v) is 4.24. The molecule has 1 aromatic rings. The van der Waals surface area contributed by atoms with Crippen molar-refractivity contribution in [3.8, 4) is 5.75 Å². The predicted octanol–water partition coefficient (Wildman–Crippen LogP) is 1.32. The van der Waals surface area contributed by atoms with Gasteiger partial charge in [-0.2, -0.15) is 12.6 Å². The number of hydrogen-bond donors (Lipinski definition) is 2. The van der Waals surface area contributed by atoms with Gasteiger partial charge < -0.3 is 5.11 Å². The number of carbonyl (C=O) groups is 2. The van der Waals surface area contributed by atoms with Crippen LogP contribution >= 0.6 is 12.6 Å². The SMILES string of the molecule is O=Cc1cc(C(=O)CS)ccc1O. The number of hydrogen-bond acceptors (Lipinski definition) is 4. The highest BCUT2D eigenvalue weighted by Crippen LogP contribution is 2.16. The molecule has 0 spiro atoms. The van der Waals surface area contributed by atoms with E-state index in [9.17, 15) is 9.59 Å². The van der Waals surface area contributed by atoms with Crippen LogP contribution in [0.2, 0.25) is 0 Å². The molecule has 0 saturated heterocycles. The smallest absolute Gasteiger partial charge is 0.172 e. The number of benzene rings is 1. The monoisotopic (exact) mass is 196 g/mol. The molecule has 0 saturated carbocycles. The maximum absolute atomic E-state index is 11.1. The Hall–Kier alpha value is -1.29. The molecular weight excluding hydrogens is 188 g/mol. The van der Waals surface area contributed by atoms with Crippen molar-refractivity contribution in [3.63, 3.8) is 0 Å². The van der Waals surface area contributed by atoms with Gasteiger partial charge in [-0.1, -0.05) is 0 Å². The van der Waals surface area contributed by atoms with Gasteiger partial charge in [-0.15, -0.1) is 0 Å². The molecule has 0 atom stereocenters. The fourth-order valence-corrected chi connectivity index (χ4v) is 1.10. The summed E-state index contributed by atoms with van der Waals surface area (Å²) in [5, 5.41) is 9.13. The molecule has 1 rings (SSSR count). The van der Waals surface area contributed by atoms with Crippen molar-refractivity contribution >= 4 is 24.7 Å². The van der Waals surface area contributed by atoms with Crippen LogP contribution in [0.3, 0.4) is 0 Å². The van der Waals surface area contributed by atoms with Crippen LogP contribution in [0.4, 0.5) is 0 Å². The lowest BCUT2D eigenvalue weighted by atomic mass is 10.1. The van der Waals surface area contributed by atoms with Crippen LogP contribution in [0.15, 0.2) is 18.2 Å². The largest absolute Gasteiger partial charge is 0.507 e. The van der Waals surface area contributed by atoms with E-state index in [0.717, 1.165) is 0 Å². The van der Waals surface area contributed by atoms with Gasteiger partial charge in [0.2, 0.25) is 0 Å². The molecule has 0 aliphatic carbocycles. The van der Waals surface area contributed by atoms with Crippen molar-refractivity contribution < 1.29 is 14.7 Å². The third kappa shape index (κ3) is 2.09. The number of Topliss-reactive ketones (excluding diaryl/α,β-unsaturated/α-hetero) is 1.